The monoisotopic (exact) mass is 633 g/mol. The lowest BCUT2D eigenvalue weighted by molar-refractivity contribution is -0.143. The summed E-state index contributed by atoms with van der Waals surface area (Å²) in [6.45, 7) is 3.48. The first kappa shape index (κ1) is 30.4. The van der Waals surface area contributed by atoms with Gasteiger partial charge >= 0.3 is 5.97 Å². The van der Waals surface area contributed by atoms with Crippen LogP contribution >= 0.6 is 0 Å². The summed E-state index contributed by atoms with van der Waals surface area (Å²) in [5.74, 6) is -6.82. The first-order valence-electron chi connectivity index (χ1n) is 15.9. The number of imide groups is 2. The number of nitrogens with zero attached hydrogens (tertiary/aromatic N) is 2. The summed E-state index contributed by atoms with van der Waals surface area (Å²) in [4.78, 5) is 69.6. The SMILES string of the molecule is Cc1ccc(NN2C(=O)C3CC4C(=CCC5C(=O)N(CCC(=O)O)C(=O)C54)C(c4cccc(C)c4O)C3(c3ccccc3)C2=O)cc1. The van der Waals surface area contributed by atoms with E-state index in [-0.39, 0.29) is 31.6 Å². The number of anilines is 1. The number of carboxylic acids is 1. The molecule has 2 saturated heterocycles. The molecule has 4 amide bonds. The predicted molar refractivity (Wildman–Crippen MR) is 171 cm³/mol. The van der Waals surface area contributed by atoms with Crippen molar-refractivity contribution in [1.29, 1.82) is 0 Å². The lowest BCUT2D eigenvalue weighted by Gasteiger charge is -2.50. The number of hydrogen-bond donors (Lipinski definition) is 3. The molecule has 0 aromatic heterocycles. The van der Waals surface area contributed by atoms with E-state index >= 15 is 4.79 Å². The van der Waals surface area contributed by atoms with Crippen LogP contribution in [0, 0.1) is 37.5 Å². The fourth-order valence-electron chi connectivity index (χ4n) is 8.50. The molecule has 0 radical (unpaired) electrons. The van der Waals surface area contributed by atoms with Crippen molar-refractivity contribution in [3.63, 3.8) is 0 Å². The molecule has 2 heterocycles. The average Bonchev–Trinajstić information content (AvgIpc) is 3.43. The van der Waals surface area contributed by atoms with E-state index in [0.29, 0.717) is 22.4 Å². The third kappa shape index (κ3) is 4.49. The van der Waals surface area contributed by atoms with Crippen molar-refractivity contribution in [2.45, 2.75) is 44.4 Å². The van der Waals surface area contributed by atoms with Crippen molar-refractivity contribution >= 4 is 35.3 Å². The highest BCUT2D eigenvalue weighted by Gasteiger charge is 2.70. The second-order valence-electron chi connectivity index (χ2n) is 13.1. The molecule has 10 nitrogen and oxygen atoms in total. The number of allylic oxidation sites excluding steroid dienone is 2. The first-order chi connectivity index (χ1) is 22.5. The maximum atomic E-state index is 15.1. The Morgan fingerprint density at radius 1 is 0.894 bits per heavy atom. The zero-order valence-electron chi connectivity index (χ0n) is 26.1. The van der Waals surface area contributed by atoms with Crippen LogP contribution in [0.15, 0.2) is 84.4 Å². The van der Waals surface area contributed by atoms with Gasteiger partial charge in [-0.3, -0.25) is 34.3 Å². The molecule has 4 aliphatic rings. The number of benzene rings is 3. The van der Waals surface area contributed by atoms with Gasteiger partial charge in [0.05, 0.1) is 35.3 Å². The van der Waals surface area contributed by atoms with E-state index < -0.39 is 64.6 Å². The number of amides is 4. The zero-order valence-corrected chi connectivity index (χ0v) is 26.1. The van der Waals surface area contributed by atoms with Crippen LogP contribution in [0.4, 0.5) is 5.69 Å². The van der Waals surface area contributed by atoms with Crippen molar-refractivity contribution in [2.24, 2.45) is 23.7 Å². The lowest BCUT2D eigenvalue weighted by atomic mass is 9.49. The van der Waals surface area contributed by atoms with E-state index in [2.05, 4.69) is 5.43 Å². The number of nitrogens with one attached hydrogen (secondary N) is 1. The molecule has 2 aliphatic heterocycles. The summed E-state index contributed by atoms with van der Waals surface area (Å²) in [6.07, 6.45) is 1.89. The van der Waals surface area contributed by atoms with Gasteiger partial charge in [0, 0.05) is 18.0 Å². The highest BCUT2D eigenvalue weighted by Crippen LogP contribution is 2.65. The quantitative estimate of drug-likeness (QED) is 0.256. The van der Waals surface area contributed by atoms with Crippen molar-refractivity contribution in [3.05, 3.63) is 107 Å². The van der Waals surface area contributed by atoms with E-state index in [9.17, 15) is 29.4 Å². The molecule has 3 aromatic carbocycles. The van der Waals surface area contributed by atoms with Crippen molar-refractivity contribution in [3.8, 4) is 5.75 Å². The number of hydrogen-bond acceptors (Lipinski definition) is 7. The molecule has 7 rings (SSSR count). The molecule has 2 aliphatic carbocycles. The highest BCUT2D eigenvalue weighted by molar-refractivity contribution is 6.13. The number of carbonyl (C=O) groups is 5. The second kappa shape index (κ2) is 11.2. The molecule has 0 bridgehead atoms. The van der Waals surface area contributed by atoms with Crippen LogP contribution < -0.4 is 5.43 Å². The number of phenols is 1. The van der Waals surface area contributed by atoms with E-state index in [0.717, 1.165) is 21.0 Å². The van der Waals surface area contributed by atoms with E-state index in [1.165, 1.54) is 0 Å². The molecule has 3 aromatic rings. The average molecular weight is 634 g/mol. The summed E-state index contributed by atoms with van der Waals surface area (Å²) >= 11 is 0. The van der Waals surface area contributed by atoms with Gasteiger partial charge < -0.3 is 10.2 Å². The van der Waals surface area contributed by atoms with Gasteiger partial charge in [-0.25, -0.2) is 0 Å². The van der Waals surface area contributed by atoms with Crippen LogP contribution in [0.2, 0.25) is 0 Å². The fraction of sp³-hybridized carbons (Fsp3) is 0.324. The molecular weight excluding hydrogens is 598 g/mol. The van der Waals surface area contributed by atoms with Crippen LogP contribution in [0.3, 0.4) is 0 Å². The van der Waals surface area contributed by atoms with Crippen LogP contribution in [0.5, 0.6) is 5.75 Å². The third-order valence-corrected chi connectivity index (χ3v) is 10.6. The number of carboxylic acid groups (broad SMARTS) is 1. The van der Waals surface area contributed by atoms with Crippen molar-refractivity contribution < 1.29 is 34.2 Å². The Bertz CT molecular complexity index is 1850. The summed E-state index contributed by atoms with van der Waals surface area (Å²) in [5.41, 5.74) is 5.54. The van der Waals surface area contributed by atoms with Gasteiger partial charge in [0.1, 0.15) is 5.75 Å². The summed E-state index contributed by atoms with van der Waals surface area (Å²) in [7, 11) is 0. The van der Waals surface area contributed by atoms with Gasteiger partial charge in [-0.1, -0.05) is 77.9 Å². The number of fused-ring (bicyclic) bond motifs is 4. The van der Waals surface area contributed by atoms with Gasteiger partial charge in [0.25, 0.3) is 11.8 Å². The Kier molecular flexibility index (Phi) is 7.26. The minimum Gasteiger partial charge on any atom is -0.507 e. The third-order valence-electron chi connectivity index (χ3n) is 10.6. The standard InChI is InChI=1S/C37H35N3O7/c1-20-11-13-23(14-12-20)38-40-34(45)28-19-27-24(15-16-25-30(27)35(46)39(33(25)44)18-17-29(41)42)31(26-10-6-7-21(2)32(26)43)37(28,36(40)47)22-8-4-3-5-9-22/h3-15,25,27-28,30-31,38,43H,16-19H2,1-2H3,(H,41,42). The van der Waals surface area contributed by atoms with Gasteiger partial charge in [-0.2, -0.15) is 5.01 Å². The molecule has 47 heavy (non-hydrogen) atoms. The molecule has 0 spiro atoms. The van der Waals surface area contributed by atoms with Crippen LogP contribution in [0.25, 0.3) is 0 Å². The number of aromatic hydroxyl groups is 1. The Labute approximate surface area is 271 Å². The number of para-hydroxylation sites is 1. The summed E-state index contributed by atoms with van der Waals surface area (Å²) in [5, 5.41) is 22.0. The topological polar surface area (TPSA) is 144 Å². The van der Waals surface area contributed by atoms with Crippen molar-refractivity contribution in [1.82, 2.24) is 9.91 Å². The molecule has 1 saturated carbocycles. The number of carbonyl (C=O) groups excluding carboxylic acids is 4. The van der Waals surface area contributed by atoms with Gasteiger partial charge in [0.15, 0.2) is 0 Å². The van der Waals surface area contributed by atoms with Crippen LogP contribution in [-0.4, -0.2) is 56.3 Å². The minimum absolute atomic E-state index is 0.00247. The number of rotatable bonds is 7. The largest absolute Gasteiger partial charge is 0.507 e. The smallest absolute Gasteiger partial charge is 0.305 e. The number of aryl methyl sites for hydroxylation is 2. The minimum atomic E-state index is -1.48. The molecule has 6 atom stereocenters. The Balaban J connectivity index is 1.43. The lowest BCUT2D eigenvalue weighted by Crippen LogP contribution is -2.53. The van der Waals surface area contributed by atoms with Gasteiger partial charge in [-0.15, -0.1) is 0 Å². The maximum Gasteiger partial charge on any atom is 0.305 e. The molecule has 3 fully saturated rings. The van der Waals surface area contributed by atoms with Crippen LogP contribution in [-0.2, 0) is 29.4 Å². The number of likely N-dealkylation sites (tertiary alicyclic amines) is 1. The number of phenolic OH excluding ortho intramolecular Hbond substituents is 1. The summed E-state index contributed by atoms with van der Waals surface area (Å²) in [6, 6.07) is 21.8. The fourth-order valence-corrected chi connectivity index (χ4v) is 8.50. The maximum absolute atomic E-state index is 15.1. The number of hydrazine groups is 1. The van der Waals surface area contributed by atoms with E-state index in [1.807, 2.05) is 55.5 Å². The van der Waals surface area contributed by atoms with E-state index in [1.54, 1.807) is 37.3 Å². The number of aliphatic carboxylic acids is 1. The van der Waals surface area contributed by atoms with E-state index in [4.69, 9.17) is 0 Å². The first-order valence-corrected chi connectivity index (χ1v) is 15.9. The molecular formula is C37H35N3O7. The second-order valence-corrected chi connectivity index (χ2v) is 13.1. The predicted octanol–water partition coefficient (Wildman–Crippen LogP) is 4.47. The molecule has 6 unspecified atom stereocenters. The van der Waals surface area contributed by atoms with Gasteiger partial charge in [0.2, 0.25) is 11.8 Å². The highest BCUT2D eigenvalue weighted by atomic mass is 16.4. The Hall–Kier alpha value is -5.25. The van der Waals surface area contributed by atoms with Gasteiger partial charge in [-0.05, 0) is 55.9 Å². The zero-order chi connectivity index (χ0) is 33.2. The van der Waals surface area contributed by atoms with Crippen LogP contribution in [0.1, 0.15) is 47.4 Å². The Morgan fingerprint density at radius 3 is 2.32 bits per heavy atom. The molecule has 10 heteroatoms. The normalized spacial score (nSPS) is 28.1. The summed E-state index contributed by atoms with van der Waals surface area (Å²) < 4.78 is 0. The van der Waals surface area contributed by atoms with Crippen molar-refractivity contribution in [2.75, 3.05) is 12.0 Å². The Morgan fingerprint density at radius 2 is 1.62 bits per heavy atom. The molecule has 240 valence electrons. The molecule has 3 N–H and O–H groups in total.